The molecule has 8 unspecified atom stereocenters. The Bertz CT molecular complexity index is 1920. The summed E-state index contributed by atoms with van der Waals surface area (Å²) in [5, 5.41) is 35.1. The third-order valence-corrected chi connectivity index (χ3v) is 25.7. The number of nitrogens with one attached hydrogen (secondary N) is 3. The summed E-state index contributed by atoms with van der Waals surface area (Å²) in [5.74, 6) is 8.43. The topological polar surface area (TPSA) is 158 Å². The number of aliphatic hydroxyl groups is 2. The standard InChI is InChI=1S/C30H50N2O3S.C27H43NO4S/c1-7-19-23-14-17(2)10-12-30(23,5)22-11-13-29(4)20(18(3)15-24-27(33)32-28(31)36-24)8-9-21(29)25(22)26(19)35-16-34-6;1-5-16-20-13-15(29)8-10-27(20,4)19-9-11-26(3)17(6-7-18(26)22(19)23(16)30)14(2)12-21-24(31)28-25(32)33-21/h17-26H,7-16H2,1-6H3,(H2,31,32,33);14-23,29-30H,5-13H2,1-4H3,(H,28,31,32)/t17-,18-,19-,20-,21?,22?,23+,24?,25?,26-,29-,30-;14-,15-,16-,17-,18?,19?,20+,21?,22?,23-,26-,27-/m11/s1. The van der Waals surface area contributed by atoms with Gasteiger partial charge in [-0.2, -0.15) is 0 Å². The van der Waals surface area contributed by atoms with Crippen LogP contribution in [0.25, 0.3) is 0 Å². The highest BCUT2D eigenvalue weighted by atomic mass is 32.2. The predicted octanol–water partition coefficient (Wildman–Crippen LogP) is 11.7. The molecule has 10 aliphatic rings. The van der Waals surface area contributed by atoms with Gasteiger partial charge in [-0.3, -0.25) is 25.1 Å². The van der Waals surface area contributed by atoms with E-state index in [1.807, 2.05) is 0 Å². The van der Waals surface area contributed by atoms with Crippen molar-refractivity contribution in [2.75, 3.05) is 13.9 Å². The van der Waals surface area contributed by atoms with Gasteiger partial charge in [-0.25, -0.2) is 0 Å². The molecule has 2 saturated heterocycles. The number of carbonyl (C=O) groups excluding carboxylic acids is 3. The first-order chi connectivity index (χ1) is 32.7. The van der Waals surface area contributed by atoms with Crippen LogP contribution < -0.4 is 10.6 Å². The predicted molar refractivity (Wildman–Crippen MR) is 277 cm³/mol. The lowest BCUT2D eigenvalue weighted by molar-refractivity contribution is -0.231. The molecular weight excluding hydrogens is 903 g/mol. The summed E-state index contributed by atoms with van der Waals surface area (Å²) < 4.78 is 12.2. The molecule has 3 amide bonds. The maximum atomic E-state index is 12.4. The van der Waals surface area contributed by atoms with Crippen molar-refractivity contribution in [3.05, 3.63) is 0 Å². The number of methoxy groups -OCH3 is 1. The Balaban J connectivity index is 0.000000172. The van der Waals surface area contributed by atoms with E-state index in [9.17, 15) is 24.6 Å². The third kappa shape index (κ3) is 8.98. The second-order valence-corrected chi connectivity index (χ2v) is 28.9. The Morgan fingerprint density at radius 2 is 1.16 bits per heavy atom. The van der Waals surface area contributed by atoms with E-state index >= 15 is 0 Å². The van der Waals surface area contributed by atoms with E-state index in [0.29, 0.717) is 94.0 Å². The summed E-state index contributed by atoms with van der Waals surface area (Å²) in [6.45, 7) is 22.4. The van der Waals surface area contributed by atoms with Crippen molar-refractivity contribution in [3.8, 4) is 0 Å². The van der Waals surface area contributed by atoms with E-state index in [4.69, 9.17) is 14.9 Å². The molecule has 390 valence electrons. The van der Waals surface area contributed by atoms with Crippen LogP contribution in [-0.2, 0) is 19.1 Å². The molecule has 8 aliphatic carbocycles. The average Bonchev–Trinajstić information content (AvgIpc) is 4.04. The molecule has 2 aliphatic heterocycles. The highest BCUT2D eigenvalue weighted by Crippen LogP contribution is 2.72. The van der Waals surface area contributed by atoms with Crippen molar-refractivity contribution in [1.82, 2.24) is 10.6 Å². The number of hydrogen-bond acceptors (Lipinski definition) is 10. The fourth-order valence-corrected chi connectivity index (χ4v) is 22.5. The van der Waals surface area contributed by atoms with E-state index in [-0.39, 0.29) is 56.5 Å². The molecule has 8 saturated carbocycles. The van der Waals surface area contributed by atoms with Gasteiger partial charge in [0.15, 0.2) is 5.17 Å². The van der Waals surface area contributed by atoms with Crippen LogP contribution in [0.4, 0.5) is 4.79 Å². The molecule has 0 radical (unpaired) electrons. The first kappa shape index (κ1) is 52.7. The maximum Gasteiger partial charge on any atom is 0.286 e. The van der Waals surface area contributed by atoms with Gasteiger partial charge in [-0.05, 0) is 207 Å². The minimum atomic E-state index is -0.268. The van der Waals surface area contributed by atoms with Gasteiger partial charge in [-0.1, -0.05) is 105 Å². The molecule has 0 aromatic rings. The number of thioether (sulfide) groups is 2. The van der Waals surface area contributed by atoms with E-state index in [2.05, 4.69) is 72.9 Å². The van der Waals surface area contributed by atoms with E-state index in [1.165, 1.54) is 88.8 Å². The quantitative estimate of drug-likeness (QED) is 0.127. The molecule has 2 heterocycles. The monoisotopic (exact) mass is 996 g/mol. The van der Waals surface area contributed by atoms with Crippen LogP contribution >= 0.6 is 23.5 Å². The number of carbonyl (C=O) groups is 3. The second kappa shape index (κ2) is 20.2. The van der Waals surface area contributed by atoms with Crippen LogP contribution in [0.2, 0.25) is 0 Å². The normalized spacial score (nSPS) is 50.8. The minimum absolute atomic E-state index is 0.0387. The van der Waals surface area contributed by atoms with E-state index < -0.39 is 0 Å². The molecule has 10 rings (SSSR count). The number of amidine groups is 1. The van der Waals surface area contributed by atoms with Crippen molar-refractivity contribution in [2.45, 2.75) is 207 Å². The number of fused-ring (bicyclic) bond motifs is 10. The maximum absolute atomic E-state index is 12.4. The van der Waals surface area contributed by atoms with Gasteiger partial charge in [0.05, 0.1) is 28.8 Å². The van der Waals surface area contributed by atoms with Crippen molar-refractivity contribution in [2.24, 2.45) is 110 Å². The molecule has 10 nitrogen and oxygen atoms in total. The zero-order valence-corrected chi connectivity index (χ0v) is 45.9. The van der Waals surface area contributed by atoms with Gasteiger partial charge in [0.25, 0.3) is 5.24 Å². The SMILES string of the molecule is CC[C@H]1[C@@H](O)C2C3CC[C@H]([C@H](C)CC4SC(=O)NC4=O)[C@@]3(C)CCC2[C@@]2(C)CC[C@@H](O)C[C@@H]12.CC[C@H]1[C@@H](OCOC)C2C3CC[C@H]([C@H](C)CC4SC(=N)NC4=O)[C@@]3(C)CCC2[C@@]2(C)CC[C@@H](C)C[C@@H]12. The molecular formula is C57H93N3O7S2. The van der Waals surface area contributed by atoms with Crippen LogP contribution in [0.5, 0.6) is 0 Å². The van der Waals surface area contributed by atoms with E-state index in [0.717, 1.165) is 68.0 Å². The molecule has 0 aromatic carbocycles. The highest BCUT2D eigenvalue weighted by molar-refractivity contribution is 8.15. The summed E-state index contributed by atoms with van der Waals surface area (Å²) >= 11 is 2.58. The molecule has 69 heavy (non-hydrogen) atoms. The van der Waals surface area contributed by atoms with Crippen LogP contribution in [0.1, 0.15) is 178 Å². The Hall–Kier alpha value is -1.18. The largest absolute Gasteiger partial charge is 0.393 e. The summed E-state index contributed by atoms with van der Waals surface area (Å²) in [5.41, 5.74) is 1.18. The van der Waals surface area contributed by atoms with Crippen molar-refractivity contribution >= 4 is 45.7 Å². The first-order valence-electron chi connectivity index (χ1n) is 28.3. The van der Waals surface area contributed by atoms with Crippen LogP contribution in [0.15, 0.2) is 0 Å². The van der Waals surface area contributed by atoms with Crippen molar-refractivity contribution in [3.63, 3.8) is 0 Å². The minimum Gasteiger partial charge on any atom is -0.393 e. The first-order valence-corrected chi connectivity index (χ1v) is 30.0. The lowest BCUT2D eigenvalue weighted by Gasteiger charge is -2.65. The third-order valence-electron chi connectivity index (χ3n) is 23.7. The molecule has 0 spiro atoms. The number of ether oxygens (including phenoxy) is 2. The highest BCUT2D eigenvalue weighted by Gasteiger charge is 2.67. The number of imide groups is 1. The van der Waals surface area contributed by atoms with Crippen LogP contribution in [-0.4, -0.2) is 75.1 Å². The lowest BCUT2D eigenvalue weighted by atomic mass is 9.41. The second-order valence-electron chi connectivity index (χ2n) is 26.5. The summed E-state index contributed by atoms with van der Waals surface area (Å²) in [7, 11) is 1.77. The summed E-state index contributed by atoms with van der Waals surface area (Å²) in [4.78, 5) is 36.2. The van der Waals surface area contributed by atoms with E-state index in [1.54, 1.807) is 7.11 Å². The summed E-state index contributed by atoms with van der Waals surface area (Å²) in [6, 6.07) is 0. The van der Waals surface area contributed by atoms with Gasteiger partial charge in [0, 0.05) is 7.11 Å². The fraction of sp³-hybridized carbons (Fsp3) is 0.930. The van der Waals surface area contributed by atoms with Crippen LogP contribution in [0.3, 0.4) is 0 Å². The van der Waals surface area contributed by atoms with Gasteiger partial charge in [0.2, 0.25) is 11.8 Å². The molecule has 0 aromatic heterocycles. The number of rotatable bonds is 11. The zero-order chi connectivity index (χ0) is 49.5. The Kier molecular flexibility index (Phi) is 15.4. The fourth-order valence-electron chi connectivity index (χ4n) is 20.6. The van der Waals surface area contributed by atoms with Crippen molar-refractivity contribution < 1.29 is 34.1 Å². The Labute approximate surface area is 424 Å². The van der Waals surface area contributed by atoms with Crippen molar-refractivity contribution in [1.29, 1.82) is 5.41 Å². The molecule has 12 heteroatoms. The molecule has 10 fully saturated rings. The van der Waals surface area contributed by atoms with Gasteiger partial charge in [-0.15, -0.1) is 0 Å². The number of aliphatic hydroxyl groups excluding tert-OH is 2. The smallest absolute Gasteiger partial charge is 0.286 e. The lowest BCUT2D eigenvalue weighted by Crippen LogP contribution is -2.62. The average molecular weight is 997 g/mol. The Morgan fingerprint density at radius 1 is 0.652 bits per heavy atom. The van der Waals surface area contributed by atoms with Crippen LogP contribution in [0, 0.1) is 116 Å². The van der Waals surface area contributed by atoms with Gasteiger partial charge in [0.1, 0.15) is 6.79 Å². The summed E-state index contributed by atoms with van der Waals surface area (Å²) in [6.07, 6.45) is 20.6. The Morgan fingerprint density at radius 3 is 1.70 bits per heavy atom. The zero-order valence-electron chi connectivity index (χ0n) is 44.2. The molecule has 5 N–H and O–H groups in total. The van der Waals surface area contributed by atoms with Gasteiger partial charge >= 0.3 is 0 Å². The number of hydrogen-bond donors (Lipinski definition) is 5. The van der Waals surface area contributed by atoms with Gasteiger partial charge < -0.3 is 25.0 Å². The molecule has 0 bridgehead atoms. The number of amides is 3. The molecule has 24 atom stereocenters.